The van der Waals surface area contributed by atoms with Gasteiger partial charge in [0.15, 0.2) is 0 Å². The molecular weight excluding hydrogens is 697 g/mol. The van der Waals surface area contributed by atoms with E-state index in [4.69, 9.17) is 28.9 Å². The number of thiazole rings is 1. The Morgan fingerprint density at radius 3 is 2.85 bits per heavy atom. The molecule has 282 valence electrons. The third kappa shape index (κ3) is 7.82. The molecule has 0 spiro atoms. The zero-order valence-corrected chi connectivity index (χ0v) is 31.8. The normalized spacial score (nSPS) is 22.7. The number of ether oxygens (including phenoxy) is 4. The number of carbonyl (C=O) groups excluding carboxylic acids is 3. The van der Waals surface area contributed by atoms with Gasteiger partial charge in [0.2, 0.25) is 0 Å². The summed E-state index contributed by atoms with van der Waals surface area (Å²) in [5, 5.41) is 7.96. The maximum absolute atomic E-state index is 14.0. The maximum Gasteiger partial charge on any atom is 0.408 e. The molecule has 4 atom stereocenters. The van der Waals surface area contributed by atoms with E-state index < -0.39 is 29.6 Å². The summed E-state index contributed by atoms with van der Waals surface area (Å²) in [6.07, 6.45) is 2.96. The molecule has 0 aliphatic carbocycles. The lowest BCUT2D eigenvalue weighted by molar-refractivity contribution is -0.155. The van der Waals surface area contributed by atoms with Crippen LogP contribution in [-0.2, 0) is 47.9 Å². The summed E-state index contributed by atoms with van der Waals surface area (Å²) in [6, 6.07) is 8.75. The lowest BCUT2D eigenvalue weighted by Crippen LogP contribution is -2.60. The second-order valence-corrected chi connectivity index (χ2v) is 15.7. The summed E-state index contributed by atoms with van der Waals surface area (Å²) in [4.78, 5) is 50.5. The summed E-state index contributed by atoms with van der Waals surface area (Å²) in [6.45, 7) is 10.5. The van der Waals surface area contributed by atoms with Crippen molar-refractivity contribution in [2.24, 2.45) is 5.41 Å². The number of nitrogens with zero attached hydrogens (tertiary/aromatic N) is 4. The number of cyclic esters (lactones) is 1. The van der Waals surface area contributed by atoms with Crippen molar-refractivity contribution in [1.82, 2.24) is 30.3 Å². The summed E-state index contributed by atoms with van der Waals surface area (Å²) >= 11 is 1.43. The molecule has 2 amide bonds. The zero-order chi connectivity index (χ0) is 37.3. The topological polar surface area (TPSA) is 146 Å². The summed E-state index contributed by atoms with van der Waals surface area (Å²) in [7, 11) is 1.69. The maximum atomic E-state index is 14.0. The number of amides is 2. The first-order chi connectivity index (χ1) is 25.5. The third-order valence-corrected chi connectivity index (χ3v) is 11.2. The van der Waals surface area contributed by atoms with E-state index in [1.807, 2.05) is 18.4 Å². The van der Waals surface area contributed by atoms with Crippen LogP contribution in [0.2, 0.25) is 0 Å². The molecule has 13 nitrogen and oxygen atoms in total. The fourth-order valence-electron chi connectivity index (χ4n) is 7.50. The summed E-state index contributed by atoms with van der Waals surface area (Å²) < 4.78 is 25.1. The Kier molecular flexibility index (Phi) is 10.8. The number of hydrogen-bond donors (Lipinski definition) is 2. The van der Waals surface area contributed by atoms with Gasteiger partial charge in [0.25, 0.3) is 5.91 Å². The number of hydrogen-bond acceptors (Lipinski definition) is 11. The van der Waals surface area contributed by atoms with Gasteiger partial charge in [-0.3, -0.25) is 19.6 Å². The molecule has 6 bridgehead atoms. The standard InChI is InChI=1S/C39H48N6O7S/c1-6-44-32-12-11-24-17-27(32)28(35(44)26-9-7-14-40-34(26)23(2)49-5)19-39(3,4)22-51-37(47)29-10-8-15-45(43-29)36(46)30(18-33-41-31(24)21-53-33)42-38(48)52-25-13-16-50-20-25/h7,9,11-12,14,17,21,23,25,29-30,43H,6,8,10,13,15-16,18-20,22H2,1-5H3,(H,42,48)/t23-,25-,29-,30-/m0/s1. The van der Waals surface area contributed by atoms with Gasteiger partial charge in [0.05, 0.1) is 48.0 Å². The Morgan fingerprint density at radius 2 is 2.08 bits per heavy atom. The average molecular weight is 745 g/mol. The van der Waals surface area contributed by atoms with Gasteiger partial charge >= 0.3 is 12.1 Å². The molecule has 3 aliphatic rings. The number of esters is 1. The molecule has 3 aliphatic heterocycles. The van der Waals surface area contributed by atoms with Gasteiger partial charge in [0.1, 0.15) is 18.2 Å². The lowest BCUT2D eigenvalue weighted by atomic mass is 9.84. The number of aryl methyl sites for hydroxylation is 1. The largest absolute Gasteiger partial charge is 0.464 e. The minimum Gasteiger partial charge on any atom is -0.464 e. The van der Waals surface area contributed by atoms with Gasteiger partial charge in [-0.05, 0) is 62.9 Å². The lowest BCUT2D eigenvalue weighted by Gasteiger charge is -2.35. The number of benzene rings is 1. The van der Waals surface area contributed by atoms with Crippen molar-refractivity contribution in [3.8, 4) is 22.5 Å². The number of alkyl carbamates (subject to hydrolysis) is 1. The summed E-state index contributed by atoms with van der Waals surface area (Å²) in [5.41, 5.74) is 9.46. The first-order valence-corrected chi connectivity index (χ1v) is 19.3. The molecule has 1 aromatic carbocycles. The van der Waals surface area contributed by atoms with Gasteiger partial charge in [-0.25, -0.2) is 15.2 Å². The molecule has 0 radical (unpaired) electrons. The highest BCUT2D eigenvalue weighted by Crippen LogP contribution is 2.42. The molecule has 7 rings (SSSR count). The van der Waals surface area contributed by atoms with Gasteiger partial charge in [-0.2, -0.15) is 0 Å². The van der Waals surface area contributed by atoms with Crippen LogP contribution in [0.3, 0.4) is 0 Å². The van der Waals surface area contributed by atoms with Crippen LogP contribution in [0.15, 0.2) is 41.9 Å². The van der Waals surface area contributed by atoms with Gasteiger partial charge < -0.3 is 28.8 Å². The molecule has 6 heterocycles. The number of rotatable bonds is 6. The Balaban J connectivity index is 1.33. The van der Waals surface area contributed by atoms with E-state index in [1.165, 1.54) is 16.3 Å². The second kappa shape index (κ2) is 15.5. The zero-order valence-electron chi connectivity index (χ0n) is 31.0. The Morgan fingerprint density at radius 1 is 1.23 bits per heavy atom. The minimum atomic E-state index is -0.984. The predicted molar refractivity (Wildman–Crippen MR) is 200 cm³/mol. The van der Waals surface area contributed by atoms with Crippen molar-refractivity contribution < 1.29 is 33.3 Å². The van der Waals surface area contributed by atoms with Gasteiger partial charge in [-0.15, -0.1) is 11.3 Å². The van der Waals surface area contributed by atoms with E-state index in [0.717, 1.165) is 51.2 Å². The number of carbonyl (C=O) groups is 3. The van der Waals surface area contributed by atoms with E-state index in [2.05, 4.69) is 60.3 Å². The Labute approximate surface area is 313 Å². The highest BCUT2D eigenvalue weighted by molar-refractivity contribution is 7.10. The third-order valence-electron chi connectivity index (χ3n) is 10.3. The number of aromatic nitrogens is 3. The van der Waals surface area contributed by atoms with Crippen LogP contribution < -0.4 is 10.7 Å². The van der Waals surface area contributed by atoms with Crippen molar-refractivity contribution in [1.29, 1.82) is 0 Å². The van der Waals surface area contributed by atoms with E-state index in [1.54, 1.807) is 13.3 Å². The first kappa shape index (κ1) is 37.0. The van der Waals surface area contributed by atoms with E-state index in [-0.39, 0.29) is 31.1 Å². The van der Waals surface area contributed by atoms with Crippen LogP contribution in [0.25, 0.3) is 33.4 Å². The average Bonchev–Trinajstić information content (AvgIpc) is 3.92. The number of methoxy groups -OCH3 is 1. The van der Waals surface area contributed by atoms with Crippen molar-refractivity contribution in [2.75, 3.05) is 33.5 Å². The Bertz CT molecular complexity index is 1990. The van der Waals surface area contributed by atoms with Crippen LogP contribution in [0.1, 0.15) is 69.3 Å². The number of fused-ring (bicyclic) bond motifs is 6. The highest BCUT2D eigenvalue weighted by Gasteiger charge is 2.36. The monoisotopic (exact) mass is 744 g/mol. The second-order valence-electron chi connectivity index (χ2n) is 14.8. The number of nitrogens with one attached hydrogen (secondary N) is 2. The van der Waals surface area contributed by atoms with Crippen molar-refractivity contribution in [3.63, 3.8) is 0 Å². The molecule has 0 saturated carbocycles. The van der Waals surface area contributed by atoms with Crippen molar-refractivity contribution in [3.05, 3.63) is 58.2 Å². The van der Waals surface area contributed by atoms with Gasteiger partial charge in [-0.1, -0.05) is 19.9 Å². The Hall–Kier alpha value is -4.37. The molecule has 0 unspecified atom stereocenters. The smallest absolute Gasteiger partial charge is 0.408 e. The molecule has 2 saturated heterocycles. The molecule has 2 N–H and O–H groups in total. The quantitative estimate of drug-likeness (QED) is 0.239. The van der Waals surface area contributed by atoms with Crippen LogP contribution in [0.5, 0.6) is 0 Å². The molecule has 2 fully saturated rings. The van der Waals surface area contributed by atoms with Crippen molar-refractivity contribution >= 4 is 40.2 Å². The number of hydrazine groups is 1. The van der Waals surface area contributed by atoms with E-state index >= 15 is 0 Å². The molecule has 53 heavy (non-hydrogen) atoms. The van der Waals surface area contributed by atoms with Gasteiger partial charge in [0, 0.05) is 72.1 Å². The fourth-order valence-corrected chi connectivity index (χ4v) is 8.35. The summed E-state index contributed by atoms with van der Waals surface area (Å²) in [5.74, 6) is -0.800. The van der Waals surface area contributed by atoms with Crippen LogP contribution in [-0.4, -0.2) is 89.2 Å². The van der Waals surface area contributed by atoms with Crippen LogP contribution in [0.4, 0.5) is 4.79 Å². The molecule has 14 heteroatoms. The minimum absolute atomic E-state index is 0.145. The van der Waals surface area contributed by atoms with E-state index in [0.29, 0.717) is 50.4 Å². The van der Waals surface area contributed by atoms with Crippen molar-refractivity contribution in [2.45, 2.75) is 90.6 Å². The molecular formula is C39H48N6O7S. The highest BCUT2D eigenvalue weighted by atomic mass is 32.1. The fraction of sp³-hybridized carbons (Fsp3) is 0.513. The predicted octanol–water partition coefficient (Wildman–Crippen LogP) is 5.60. The van der Waals surface area contributed by atoms with Crippen LogP contribution >= 0.6 is 11.3 Å². The molecule has 3 aromatic heterocycles. The van der Waals surface area contributed by atoms with E-state index in [9.17, 15) is 14.4 Å². The number of pyridine rings is 1. The molecule has 4 aromatic rings. The SMILES string of the molecule is CCn1c(-c2cccnc2[C@H](C)OC)c2c3cc(ccc31)-c1csc(n1)C[C@H](NC(=O)O[C@H]1CCOC1)C(=O)N1CCC[C@H](N1)C(=O)OCC(C)(C)C2. The van der Waals surface area contributed by atoms with Crippen LogP contribution in [0, 0.1) is 5.41 Å². The first-order valence-electron chi connectivity index (χ1n) is 18.4.